The van der Waals surface area contributed by atoms with Crippen molar-refractivity contribution in [3.05, 3.63) is 48.5 Å². The number of carbonyl (C=O) groups is 1. The maximum Gasteiger partial charge on any atom is 0.305 e. The molecule has 0 unspecified atom stereocenters. The Balaban J connectivity index is 1.43. The molecule has 2 aromatic heterocycles. The van der Waals surface area contributed by atoms with Crippen molar-refractivity contribution in [3.63, 3.8) is 0 Å². The van der Waals surface area contributed by atoms with Crippen LogP contribution in [0.1, 0.15) is 33.1 Å². The highest BCUT2D eigenvalue weighted by Gasteiger charge is 2.14. The molecule has 0 bridgehead atoms. The van der Waals surface area contributed by atoms with Crippen LogP contribution in [0.2, 0.25) is 0 Å². The first-order valence-corrected chi connectivity index (χ1v) is 11.2. The van der Waals surface area contributed by atoms with Gasteiger partial charge in [-0.25, -0.2) is 9.97 Å². The molecule has 31 heavy (non-hydrogen) atoms. The number of rotatable bonds is 10. The molecule has 0 radical (unpaired) electrons. The van der Waals surface area contributed by atoms with Gasteiger partial charge in [-0.05, 0) is 44.1 Å². The lowest BCUT2D eigenvalue weighted by molar-refractivity contribution is -0.144. The van der Waals surface area contributed by atoms with Gasteiger partial charge >= 0.3 is 5.97 Å². The number of benzene rings is 2. The molecule has 2 aromatic carbocycles. The monoisotopic (exact) mass is 418 g/mol. The Hall–Kier alpha value is -2.99. The van der Waals surface area contributed by atoms with E-state index in [1.807, 2.05) is 36.4 Å². The minimum atomic E-state index is -0.128. The highest BCUT2D eigenvalue weighted by atomic mass is 16.5. The van der Waals surface area contributed by atoms with Crippen molar-refractivity contribution in [2.75, 3.05) is 26.2 Å². The summed E-state index contributed by atoms with van der Waals surface area (Å²) in [6, 6.07) is 16.2. The van der Waals surface area contributed by atoms with Crippen molar-refractivity contribution in [2.45, 2.75) is 39.7 Å². The van der Waals surface area contributed by atoms with Crippen LogP contribution < -0.4 is 0 Å². The van der Waals surface area contributed by atoms with Crippen LogP contribution in [-0.4, -0.2) is 51.6 Å². The number of aromatic nitrogens is 3. The average molecular weight is 419 g/mol. The Morgan fingerprint density at radius 2 is 1.68 bits per heavy atom. The first-order valence-electron chi connectivity index (χ1n) is 11.2. The summed E-state index contributed by atoms with van der Waals surface area (Å²) < 4.78 is 7.61. The third-order valence-corrected chi connectivity index (χ3v) is 5.80. The normalized spacial score (nSPS) is 11.7. The molecule has 0 N–H and O–H groups in total. The quantitative estimate of drug-likeness (QED) is 0.274. The van der Waals surface area contributed by atoms with E-state index in [1.54, 1.807) is 0 Å². The molecule has 6 nitrogen and oxygen atoms in total. The zero-order valence-electron chi connectivity index (χ0n) is 18.4. The van der Waals surface area contributed by atoms with Crippen molar-refractivity contribution < 1.29 is 9.53 Å². The number of carbonyl (C=O) groups excluding carboxylic acids is 1. The van der Waals surface area contributed by atoms with Gasteiger partial charge in [-0.1, -0.05) is 44.2 Å². The van der Waals surface area contributed by atoms with E-state index < -0.39 is 0 Å². The number of esters is 1. The molecule has 0 aliphatic heterocycles. The van der Waals surface area contributed by atoms with Crippen LogP contribution in [0.4, 0.5) is 0 Å². The number of ether oxygens (including phenoxy) is 1. The molecule has 4 rings (SSSR count). The summed E-state index contributed by atoms with van der Waals surface area (Å²) in [7, 11) is 0. The fourth-order valence-electron chi connectivity index (χ4n) is 4.08. The molecule has 0 atom stereocenters. The van der Waals surface area contributed by atoms with Crippen LogP contribution in [-0.2, 0) is 16.1 Å². The summed E-state index contributed by atoms with van der Waals surface area (Å²) in [5.74, 6) is -0.128. The van der Waals surface area contributed by atoms with Crippen LogP contribution >= 0.6 is 0 Å². The van der Waals surface area contributed by atoms with E-state index in [2.05, 4.69) is 35.4 Å². The van der Waals surface area contributed by atoms with Gasteiger partial charge in [0.25, 0.3) is 0 Å². The number of hydrogen-bond donors (Lipinski definition) is 0. The summed E-state index contributed by atoms with van der Waals surface area (Å²) in [6.07, 6.45) is 1.99. The SMILES string of the molecule is CCN(CC)CCCOC(=O)CCCn1c2ccccc2c2nc3ccccc3nc21. The van der Waals surface area contributed by atoms with Crippen LogP contribution in [0.3, 0.4) is 0 Å². The van der Waals surface area contributed by atoms with E-state index in [1.165, 1.54) is 0 Å². The molecule has 0 spiro atoms. The van der Waals surface area contributed by atoms with E-state index in [-0.39, 0.29) is 5.97 Å². The Kier molecular flexibility index (Phi) is 6.77. The fourth-order valence-corrected chi connectivity index (χ4v) is 4.08. The summed E-state index contributed by atoms with van der Waals surface area (Å²) in [5, 5.41) is 1.09. The van der Waals surface area contributed by atoms with E-state index in [9.17, 15) is 4.79 Å². The van der Waals surface area contributed by atoms with Crippen molar-refractivity contribution in [1.29, 1.82) is 0 Å². The van der Waals surface area contributed by atoms with E-state index in [0.29, 0.717) is 26.0 Å². The van der Waals surface area contributed by atoms with Crippen molar-refractivity contribution >= 4 is 39.1 Å². The van der Waals surface area contributed by atoms with Crippen molar-refractivity contribution in [3.8, 4) is 0 Å². The van der Waals surface area contributed by atoms with Crippen LogP contribution in [0.25, 0.3) is 33.1 Å². The van der Waals surface area contributed by atoms with Gasteiger partial charge in [-0.2, -0.15) is 0 Å². The molecular formula is C25H30N4O2. The first kappa shape index (κ1) is 21.2. The number of fused-ring (bicyclic) bond motifs is 4. The van der Waals surface area contributed by atoms with Crippen molar-refractivity contribution in [2.24, 2.45) is 0 Å². The second-order valence-corrected chi connectivity index (χ2v) is 7.76. The summed E-state index contributed by atoms with van der Waals surface area (Å²) in [5.41, 5.74) is 4.65. The maximum absolute atomic E-state index is 12.2. The summed E-state index contributed by atoms with van der Waals surface area (Å²) >= 11 is 0. The number of para-hydroxylation sites is 3. The van der Waals surface area contributed by atoms with E-state index >= 15 is 0 Å². The van der Waals surface area contributed by atoms with Gasteiger partial charge in [0.1, 0.15) is 5.52 Å². The second kappa shape index (κ2) is 9.88. The highest BCUT2D eigenvalue weighted by Crippen LogP contribution is 2.28. The minimum Gasteiger partial charge on any atom is -0.466 e. The molecule has 2 heterocycles. The summed E-state index contributed by atoms with van der Waals surface area (Å²) in [6.45, 7) is 8.51. The predicted molar refractivity (Wildman–Crippen MR) is 125 cm³/mol. The molecule has 0 saturated heterocycles. The molecule has 0 saturated carbocycles. The number of nitrogens with zero attached hydrogens (tertiary/aromatic N) is 4. The Bertz CT molecular complexity index is 1180. The van der Waals surface area contributed by atoms with Gasteiger partial charge in [-0.15, -0.1) is 0 Å². The second-order valence-electron chi connectivity index (χ2n) is 7.76. The zero-order valence-corrected chi connectivity index (χ0v) is 18.4. The van der Waals surface area contributed by atoms with Gasteiger partial charge in [0, 0.05) is 24.9 Å². The third-order valence-electron chi connectivity index (χ3n) is 5.80. The first-order chi connectivity index (χ1) is 15.2. The Morgan fingerprint density at radius 1 is 0.968 bits per heavy atom. The molecule has 4 aromatic rings. The lowest BCUT2D eigenvalue weighted by Crippen LogP contribution is -2.25. The van der Waals surface area contributed by atoms with Crippen LogP contribution in [0, 0.1) is 0 Å². The van der Waals surface area contributed by atoms with E-state index in [4.69, 9.17) is 14.7 Å². The number of hydrogen-bond acceptors (Lipinski definition) is 5. The smallest absolute Gasteiger partial charge is 0.305 e. The van der Waals surface area contributed by atoms with Gasteiger partial charge in [0.05, 0.1) is 23.2 Å². The zero-order chi connectivity index (χ0) is 21.6. The van der Waals surface area contributed by atoms with Crippen molar-refractivity contribution in [1.82, 2.24) is 19.4 Å². The van der Waals surface area contributed by atoms with Gasteiger partial charge in [0.2, 0.25) is 0 Å². The molecule has 0 aliphatic carbocycles. The third kappa shape index (κ3) is 4.69. The maximum atomic E-state index is 12.2. The largest absolute Gasteiger partial charge is 0.466 e. The van der Waals surface area contributed by atoms with E-state index in [0.717, 1.165) is 59.2 Å². The average Bonchev–Trinajstić information content (AvgIpc) is 3.10. The topological polar surface area (TPSA) is 60.2 Å². The van der Waals surface area contributed by atoms with Crippen LogP contribution in [0.5, 0.6) is 0 Å². The Labute approximate surface area is 182 Å². The lowest BCUT2D eigenvalue weighted by Gasteiger charge is -2.17. The molecule has 0 aliphatic rings. The number of aryl methyl sites for hydroxylation is 1. The van der Waals surface area contributed by atoms with Gasteiger partial charge in [0.15, 0.2) is 5.65 Å². The lowest BCUT2D eigenvalue weighted by atomic mass is 10.2. The predicted octanol–water partition coefficient (Wildman–Crippen LogP) is 4.79. The highest BCUT2D eigenvalue weighted by molar-refractivity contribution is 6.06. The molecule has 162 valence electrons. The fraction of sp³-hybridized carbons (Fsp3) is 0.400. The summed E-state index contributed by atoms with van der Waals surface area (Å²) in [4.78, 5) is 24.3. The Morgan fingerprint density at radius 3 is 2.45 bits per heavy atom. The molecule has 6 heteroatoms. The van der Waals surface area contributed by atoms with Gasteiger partial charge in [-0.3, -0.25) is 4.79 Å². The standard InChI is InChI=1S/C25H30N4O2/c1-3-28(4-2)16-10-18-31-23(30)15-9-17-29-22-14-8-5-11-19(22)24-25(29)27-21-13-7-6-12-20(21)26-24/h5-8,11-14H,3-4,9-10,15-18H2,1-2H3. The van der Waals surface area contributed by atoms with Crippen LogP contribution in [0.15, 0.2) is 48.5 Å². The molecule has 0 amide bonds. The van der Waals surface area contributed by atoms with Gasteiger partial charge < -0.3 is 14.2 Å². The molecular weight excluding hydrogens is 388 g/mol. The molecule has 0 fully saturated rings. The minimum absolute atomic E-state index is 0.128.